The molecule has 21 heavy (non-hydrogen) atoms. The van der Waals surface area contributed by atoms with E-state index in [2.05, 4.69) is 27.8 Å². The molecule has 0 unspecified atom stereocenters. The van der Waals surface area contributed by atoms with E-state index < -0.39 is 0 Å². The number of rotatable bonds is 3. The number of carbonyl (C=O) groups excluding carboxylic acids is 2. The highest BCUT2D eigenvalue weighted by molar-refractivity contribution is 9.10. The minimum atomic E-state index is -0.349. The Hall–Kier alpha value is -1.85. The summed E-state index contributed by atoms with van der Waals surface area (Å²) in [5, 5.41) is 4.00. The lowest BCUT2D eigenvalue weighted by molar-refractivity contribution is 0.0879. The van der Waals surface area contributed by atoms with Crippen LogP contribution < -0.4 is 5.32 Å². The first kappa shape index (κ1) is 14.1. The first-order valence-electron chi connectivity index (χ1n) is 6.18. The summed E-state index contributed by atoms with van der Waals surface area (Å²) in [4.78, 5) is 24.5. The molecule has 2 aromatic carbocycles. The first-order chi connectivity index (χ1) is 10.1. The molecular formula is C16H10BrNO2S. The lowest BCUT2D eigenvalue weighted by atomic mass is 10.00. The molecule has 0 spiro atoms. The molecule has 0 bridgehead atoms. The fourth-order valence-electron chi connectivity index (χ4n) is 2.29. The van der Waals surface area contributed by atoms with Gasteiger partial charge in [0.2, 0.25) is 0 Å². The van der Waals surface area contributed by atoms with Gasteiger partial charge in [-0.05, 0) is 34.7 Å². The van der Waals surface area contributed by atoms with E-state index in [1.165, 1.54) is 11.8 Å². The molecule has 0 atom stereocenters. The second kappa shape index (κ2) is 5.50. The van der Waals surface area contributed by atoms with Crippen LogP contribution in [0.4, 0.5) is 0 Å². The Kier molecular flexibility index (Phi) is 3.69. The minimum Gasteiger partial charge on any atom is -0.288 e. The molecule has 5 heteroatoms. The summed E-state index contributed by atoms with van der Waals surface area (Å²) >= 11 is 4.76. The molecule has 0 radical (unpaired) electrons. The number of hydrogen-bond donors (Lipinski definition) is 1. The smallest absolute Gasteiger partial charge is 0.260 e. The number of amides is 2. The van der Waals surface area contributed by atoms with E-state index in [0.29, 0.717) is 11.1 Å². The summed E-state index contributed by atoms with van der Waals surface area (Å²) in [5.74, 6) is -0.693. The van der Waals surface area contributed by atoms with Crippen molar-refractivity contribution in [2.45, 2.75) is 4.90 Å². The molecule has 1 heterocycles. The van der Waals surface area contributed by atoms with Crippen LogP contribution in [-0.2, 0) is 0 Å². The van der Waals surface area contributed by atoms with Crippen LogP contribution in [0.5, 0.6) is 0 Å². The van der Waals surface area contributed by atoms with E-state index in [-0.39, 0.29) is 11.8 Å². The number of carbonyl (C=O) groups is 2. The number of imide groups is 1. The Morgan fingerprint density at radius 3 is 2.33 bits per heavy atom. The third-order valence-electron chi connectivity index (χ3n) is 3.21. The Labute approximate surface area is 134 Å². The summed E-state index contributed by atoms with van der Waals surface area (Å²) < 4.78 is 0.984. The predicted molar refractivity (Wildman–Crippen MR) is 87.4 cm³/mol. The van der Waals surface area contributed by atoms with Crippen LogP contribution in [0.1, 0.15) is 20.7 Å². The Balaban J connectivity index is 2.24. The van der Waals surface area contributed by atoms with E-state index in [1.54, 1.807) is 11.5 Å². The average Bonchev–Trinajstić information content (AvgIpc) is 2.76. The Morgan fingerprint density at radius 1 is 1.00 bits per heavy atom. The highest BCUT2D eigenvalue weighted by Crippen LogP contribution is 2.38. The summed E-state index contributed by atoms with van der Waals surface area (Å²) in [5.41, 5.74) is 2.75. The molecule has 0 fully saturated rings. The highest BCUT2D eigenvalue weighted by Gasteiger charge is 2.31. The molecule has 1 aliphatic heterocycles. The lowest BCUT2D eigenvalue weighted by Crippen LogP contribution is -2.20. The van der Waals surface area contributed by atoms with Gasteiger partial charge in [0.05, 0.1) is 11.1 Å². The van der Waals surface area contributed by atoms with Crippen LogP contribution >= 0.6 is 27.7 Å². The van der Waals surface area contributed by atoms with Crippen molar-refractivity contribution in [2.24, 2.45) is 0 Å². The molecule has 3 nitrogen and oxygen atoms in total. The van der Waals surface area contributed by atoms with E-state index >= 15 is 0 Å². The van der Waals surface area contributed by atoms with Crippen molar-refractivity contribution >= 4 is 39.5 Å². The summed E-state index contributed by atoms with van der Waals surface area (Å²) in [6.07, 6.45) is 0. The largest absolute Gasteiger partial charge is 0.288 e. The quantitative estimate of drug-likeness (QED) is 0.658. The average molecular weight is 360 g/mol. The van der Waals surface area contributed by atoms with Crippen molar-refractivity contribution in [1.82, 2.24) is 5.32 Å². The molecule has 0 saturated carbocycles. The predicted octanol–water partition coefficient (Wildman–Crippen LogP) is 4.24. The fourth-order valence-corrected chi connectivity index (χ4v) is 3.36. The van der Waals surface area contributed by atoms with Gasteiger partial charge < -0.3 is 0 Å². The second-order valence-electron chi connectivity index (χ2n) is 4.44. The van der Waals surface area contributed by atoms with Crippen LogP contribution in [-0.4, -0.2) is 11.8 Å². The highest BCUT2D eigenvalue weighted by atomic mass is 79.9. The standard InChI is InChI=1S/C16H10BrNO2S/c1-2-21-14-11(9-3-5-10(17)6-4-9)7-8-12-13(14)16(20)18-15(12)19/h2-8H,1H2,(H,18,19,20). The molecule has 3 rings (SSSR count). The van der Waals surface area contributed by atoms with Crippen LogP contribution in [0.2, 0.25) is 0 Å². The number of nitrogens with one attached hydrogen (secondary N) is 1. The van der Waals surface area contributed by atoms with Gasteiger partial charge in [0.25, 0.3) is 11.8 Å². The SMILES string of the molecule is C=CSc1c(-c2ccc(Br)cc2)ccc2c1C(=O)NC2=O. The van der Waals surface area contributed by atoms with Gasteiger partial charge >= 0.3 is 0 Å². The minimum absolute atomic E-state index is 0.344. The molecule has 0 aromatic heterocycles. The monoisotopic (exact) mass is 359 g/mol. The Bertz CT molecular complexity index is 769. The number of hydrogen-bond acceptors (Lipinski definition) is 3. The third kappa shape index (κ3) is 2.43. The molecule has 2 amide bonds. The zero-order valence-electron chi connectivity index (χ0n) is 10.9. The molecule has 0 saturated heterocycles. The first-order valence-corrected chi connectivity index (χ1v) is 7.85. The van der Waals surface area contributed by atoms with Gasteiger partial charge in [-0.15, -0.1) is 0 Å². The van der Waals surface area contributed by atoms with Crippen molar-refractivity contribution in [3.8, 4) is 11.1 Å². The van der Waals surface area contributed by atoms with Gasteiger partial charge in [-0.1, -0.05) is 52.5 Å². The van der Waals surface area contributed by atoms with E-state index in [1.807, 2.05) is 30.3 Å². The van der Waals surface area contributed by atoms with Gasteiger partial charge in [0.1, 0.15) is 0 Å². The van der Waals surface area contributed by atoms with Crippen LogP contribution in [0.3, 0.4) is 0 Å². The Morgan fingerprint density at radius 2 is 1.67 bits per heavy atom. The number of benzene rings is 2. The molecular weight excluding hydrogens is 350 g/mol. The van der Waals surface area contributed by atoms with Crippen molar-refractivity contribution in [3.05, 3.63) is 64.0 Å². The fraction of sp³-hybridized carbons (Fsp3) is 0. The van der Waals surface area contributed by atoms with Gasteiger partial charge in [-0.25, -0.2) is 0 Å². The topological polar surface area (TPSA) is 46.2 Å². The lowest BCUT2D eigenvalue weighted by Gasteiger charge is -2.11. The van der Waals surface area contributed by atoms with Crippen LogP contribution in [0.15, 0.2) is 57.8 Å². The molecule has 2 aromatic rings. The van der Waals surface area contributed by atoms with Crippen molar-refractivity contribution in [2.75, 3.05) is 0 Å². The van der Waals surface area contributed by atoms with E-state index in [0.717, 1.165) is 20.5 Å². The maximum atomic E-state index is 12.0. The van der Waals surface area contributed by atoms with Crippen LogP contribution in [0.25, 0.3) is 11.1 Å². The normalized spacial score (nSPS) is 13.0. The van der Waals surface area contributed by atoms with E-state index in [4.69, 9.17) is 0 Å². The summed E-state index contributed by atoms with van der Waals surface area (Å²) in [6, 6.07) is 11.4. The number of halogens is 1. The zero-order valence-corrected chi connectivity index (χ0v) is 13.3. The second-order valence-corrected chi connectivity index (χ2v) is 6.33. The molecule has 1 N–H and O–H groups in total. The maximum Gasteiger partial charge on any atom is 0.260 e. The molecule has 104 valence electrons. The van der Waals surface area contributed by atoms with Crippen molar-refractivity contribution < 1.29 is 9.59 Å². The van der Waals surface area contributed by atoms with Gasteiger partial charge in [0, 0.05) is 9.37 Å². The summed E-state index contributed by atoms with van der Waals surface area (Å²) in [7, 11) is 0. The molecule has 1 aliphatic rings. The number of thioether (sulfide) groups is 1. The van der Waals surface area contributed by atoms with E-state index in [9.17, 15) is 9.59 Å². The van der Waals surface area contributed by atoms with Crippen LogP contribution in [0, 0.1) is 0 Å². The maximum absolute atomic E-state index is 12.0. The van der Waals surface area contributed by atoms with Crippen molar-refractivity contribution in [3.63, 3.8) is 0 Å². The molecule has 0 aliphatic carbocycles. The van der Waals surface area contributed by atoms with Gasteiger partial charge in [-0.2, -0.15) is 0 Å². The number of fused-ring (bicyclic) bond motifs is 1. The zero-order chi connectivity index (χ0) is 15.0. The third-order valence-corrected chi connectivity index (χ3v) is 4.57. The van der Waals surface area contributed by atoms with Gasteiger partial charge in [0.15, 0.2) is 0 Å². The van der Waals surface area contributed by atoms with Crippen molar-refractivity contribution in [1.29, 1.82) is 0 Å². The van der Waals surface area contributed by atoms with Gasteiger partial charge in [-0.3, -0.25) is 14.9 Å². The summed E-state index contributed by atoms with van der Waals surface area (Å²) in [6.45, 7) is 3.71.